The Morgan fingerprint density at radius 2 is 2.00 bits per heavy atom. The molecule has 20 heavy (non-hydrogen) atoms. The maximum Gasteiger partial charge on any atom is 0.0716 e. The predicted molar refractivity (Wildman–Crippen MR) is 83.9 cm³/mol. The monoisotopic (exact) mass is 276 g/mol. The van der Waals surface area contributed by atoms with Crippen molar-refractivity contribution in [3.8, 4) is 0 Å². The minimum absolute atomic E-state index is 0.167. The van der Waals surface area contributed by atoms with Gasteiger partial charge in [0.25, 0.3) is 0 Å². The maximum atomic E-state index is 9.81. The number of aliphatic hydroxyl groups excluding tert-OH is 1. The molecular weight excluding hydrogens is 248 g/mol. The highest BCUT2D eigenvalue weighted by molar-refractivity contribution is 5.23. The van der Waals surface area contributed by atoms with Crippen molar-refractivity contribution in [3.63, 3.8) is 0 Å². The van der Waals surface area contributed by atoms with Crippen molar-refractivity contribution in [2.45, 2.75) is 44.8 Å². The zero-order valence-corrected chi connectivity index (χ0v) is 12.9. The van der Waals surface area contributed by atoms with Crippen LogP contribution in [0.25, 0.3) is 0 Å². The summed E-state index contributed by atoms with van der Waals surface area (Å²) < 4.78 is 0. The molecule has 1 saturated heterocycles. The Kier molecular flexibility index (Phi) is 5.19. The third-order valence-corrected chi connectivity index (χ3v) is 4.40. The van der Waals surface area contributed by atoms with Gasteiger partial charge in [-0.05, 0) is 24.3 Å². The van der Waals surface area contributed by atoms with Crippen molar-refractivity contribution in [1.82, 2.24) is 10.6 Å². The van der Waals surface area contributed by atoms with Crippen LogP contribution in [0.1, 0.15) is 32.8 Å². The number of aliphatic hydroxyl groups is 1. The van der Waals surface area contributed by atoms with Crippen LogP contribution in [0.15, 0.2) is 30.3 Å². The Bertz CT molecular complexity index is 405. The first-order valence-corrected chi connectivity index (χ1v) is 7.67. The molecule has 2 rings (SSSR count). The Hall–Kier alpha value is -0.900. The molecule has 1 aromatic carbocycles. The summed E-state index contributed by atoms with van der Waals surface area (Å²) in [6, 6.07) is 11.1. The molecule has 3 unspecified atom stereocenters. The van der Waals surface area contributed by atoms with Crippen molar-refractivity contribution in [1.29, 1.82) is 0 Å². The summed E-state index contributed by atoms with van der Waals surface area (Å²) in [5.74, 6) is 0.345. The second-order valence-corrected chi connectivity index (χ2v) is 6.75. The summed E-state index contributed by atoms with van der Waals surface area (Å²) in [7, 11) is 0. The molecule has 0 amide bonds. The van der Waals surface area contributed by atoms with Gasteiger partial charge in [-0.3, -0.25) is 0 Å². The smallest absolute Gasteiger partial charge is 0.0716 e. The van der Waals surface area contributed by atoms with Gasteiger partial charge in [-0.2, -0.15) is 0 Å². The first-order chi connectivity index (χ1) is 9.49. The molecule has 1 aliphatic heterocycles. The molecule has 1 heterocycles. The molecule has 3 heteroatoms. The van der Waals surface area contributed by atoms with E-state index in [4.69, 9.17) is 0 Å². The lowest BCUT2D eigenvalue weighted by molar-refractivity contribution is 0.144. The summed E-state index contributed by atoms with van der Waals surface area (Å²) in [4.78, 5) is 0. The van der Waals surface area contributed by atoms with E-state index >= 15 is 0 Å². The number of nitrogens with one attached hydrogen (secondary N) is 2. The normalized spacial score (nSPS) is 24.8. The first-order valence-electron chi connectivity index (χ1n) is 7.67. The molecule has 1 aromatic rings. The predicted octanol–water partition coefficient (Wildman–Crippen LogP) is 1.91. The highest BCUT2D eigenvalue weighted by atomic mass is 16.3. The average Bonchev–Trinajstić information content (AvgIpc) is 2.82. The zero-order chi connectivity index (χ0) is 14.6. The van der Waals surface area contributed by atoms with Gasteiger partial charge in [0.1, 0.15) is 0 Å². The number of benzene rings is 1. The lowest BCUT2D eigenvalue weighted by Crippen LogP contribution is -2.38. The molecule has 112 valence electrons. The Morgan fingerprint density at radius 3 is 2.60 bits per heavy atom. The van der Waals surface area contributed by atoms with Gasteiger partial charge in [0.2, 0.25) is 0 Å². The second kappa shape index (κ2) is 6.70. The summed E-state index contributed by atoms with van der Waals surface area (Å²) in [5, 5.41) is 16.6. The van der Waals surface area contributed by atoms with E-state index in [9.17, 15) is 5.11 Å². The Labute approximate surface area is 122 Å². The van der Waals surface area contributed by atoms with E-state index in [1.165, 1.54) is 5.56 Å². The zero-order valence-electron chi connectivity index (χ0n) is 12.9. The van der Waals surface area contributed by atoms with Crippen LogP contribution in [0.3, 0.4) is 0 Å². The van der Waals surface area contributed by atoms with Crippen LogP contribution in [-0.2, 0) is 5.41 Å². The standard InChI is InChI=1S/C17H28N2O/c1-13(19-11-14-10-18-12-16(14)20)9-17(2,3)15-7-5-4-6-8-15/h4-8,13-14,16,18-20H,9-12H2,1-3H3. The van der Waals surface area contributed by atoms with E-state index in [-0.39, 0.29) is 11.5 Å². The molecule has 3 N–H and O–H groups in total. The van der Waals surface area contributed by atoms with Gasteiger partial charge >= 0.3 is 0 Å². The van der Waals surface area contributed by atoms with E-state index < -0.39 is 0 Å². The summed E-state index contributed by atoms with van der Waals surface area (Å²) in [5.41, 5.74) is 1.55. The topological polar surface area (TPSA) is 44.3 Å². The molecule has 0 aromatic heterocycles. The molecule has 1 aliphatic rings. The fourth-order valence-electron chi connectivity index (χ4n) is 3.12. The molecule has 3 nitrogen and oxygen atoms in total. The van der Waals surface area contributed by atoms with Gasteiger partial charge < -0.3 is 15.7 Å². The largest absolute Gasteiger partial charge is 0.391 e. The first kappa shape index (κ1) is 15.5. The van der Waals surface area contributed by atoms with Gasteiger partial charge in [0.15, 0.2) is 0 Å². The van der Waals surface area contributed by atoms with Crippen LogP contribution in [0.5, 0.6) is 0 Å². The Morgan fingerprint density at radius 1 is 1.30 bits per heavy atom. The van der Waals surface area contributed by atoms with E-state index in [0.29, 0.717) is 12.0 Å². The highest BCUT2D eigenvalue weighted by Gasteiger charge is 2.27. The number of hydrogen-bond donors (Lipinski definition) is 3. The maximum absolute atomic E-state index is 9.81. The summed E-state index contributed by atoms with van der Waals surface area (Å²) >= 11 is 0. The molecule has 1 fully saturated rings. The molecule has 0 radical (unpaired) electrons. The molecule has 0 saturated carbocycles. The quantitative estimate of drug-likeness (QED) is 0.744. The molecule has 0 aliphatic carbocycles. The van der Waals surface area contributed by atoms with Gasteiger partial charge in [0, 0.05) is 31.6 Å². The minimum atomic E-state index is -0.197. The van der Waals surface area contributed by atoms with Crippen LogP contribution in [-0.4, -0.2) is 36.9 Å². The number of rotatable bonds is 6. The number of β-amino-alcohol motifs (C(OH)–C–C–N with tert-alkyl or cyclic N) is 1. The van der Waals surface area contributed by atoms with Gasteiger partial charge in [-0.25, -0.2) is 0 Å². The molecule has 0 spiro atoms. The van der Waals surface area contributed by atoms with Gasteiger partial charge in [-0.1, -0.05) is 44.2 Å². The third-order valence-electron chi connectivity index (χ3n) is 4.40. The Balaban J connectivity index is 1.83. The lowest BCUT2D eigenvalue weighted by Gasteiger charge is -2.30. The summed E-state index contributed by atoms with van der Waals surface area (Å²) in [6.07, 6.45) is 0.893. The fraction of sp³-hybridized carbons (Fsp3) is 0.647. The van der Waals surface area contributed by atoms with Crippen molar-refractivity contribution in [2.24, 2.45) is 5.92 Å². The minimum Gasteiger partial charge on any atom is -0.391 e. The van der Waals surface area contributed by atoms with E-state index in [1.807, 2.05) is 0 Å². The third kappa shape index (κ3) is 4.05. The lowest BCUT2D eigenvalue weighted by atomic mass is 9.79. The molecular formula is C17H28N2O. The van der Waals surface area contributed by atoms with Gasteiger partial charge in [0.05, 0.1) is 6.10 Å². The molecule has 0 bridgehead atoms. The van der Waals surface area contributed by atoms with Crippen LogP contribution in [0.2, 0.25) is 0 Å². The molecule has 3 atom stereocenters. The average molecular weight is 276 g/mol. The SMILES string of the molecule is CC(CC(C)(C)c1ccccc1)NCC1CNCC1O. The van der Waals surface area contributed by atoms with Crippen molar-refractivity contribution >= 4 is 0 Å². The van der Waals surface area contributed by atoms with Crippen molar-refractivity contribution in [2.75, 3.05) is 19.6 Å². The van der Waals surface area contributed by atoms with E-state index in [0.717, 1.165) is 26.1 Å². The van der Waals surface area contributed by atoms with E-state index in [2.05, 4.69) is 61.7 Å². The van der Waals surface area contributed by atoms with Crippen LogP contribution in [0.4, 0.5) is 0 Å². The van der Waals surface area contributed by atoms with Gasteiger partial charge in [-0.15, -0.1) is 0 Å². The van der Waals surface area contributed by atoms with Crippen LogP contribution in [0, 0.1) is 5.92 Å². The van der Waals surface area contributed by atoms with E-state index in [1.54, 1.807) is 0 Å². The van der Waals surface area contributed by atoms with Crippen molar-refractivity contribution < 1.29 is 5.11 Å². The highest BCUT2D eigenvalue weighted by Crippen LogP contribution is 2.28. The second-order valence-electron chi connectivity index (χ2n) is 6.75. The van der Waals surface area contributed by atoms with Crippen molar-refractivity contribution in [3.05, 3.63) is 35.9 Å². The fourth-order valence-corrected chi connectivity index (χ4v) is 3.12. The van der Waals surface area contributed by atoms with Crippen LogP contribution < -0.4 is 10.6 Å². The number of hydrogen-bond acceptors (Lipinski definition) is 3. The summed E-state index contributed by atoms with van der Waals surface area (Å²) in [6.45, 7) is 9.37. The van der Waals surface area contributed by atoms with Crippen LogP contribution >= 0.6 is 0 Å².